The summed E-state index contributed by atoms with van der Waals surface area (Å²) in [5.74, 6) is 0.861. The van der Waals surface area contributed by atoms with Gasteiger partial charge in [-0.05, 0) is 18.6 Å². The van der Waals surface area contributed by atoms with Crippen LogP contribution in [0.2, 0.25) is 0 Å². The van der Waals surface area contributed by atoms with Gasteiger partial charge < -0.3 is 9.47 Å². The molecule has 4 nitrogen and oxygen atoms in total. The van der Waals surface area contributed by atoms with E-state index >= 15 is 0 Å². The molecule has 0 N–H and O–H groups in total. The summed E-state index contributed by atoms with van der Waals surface area (Å²) in [6.07, 6.45) is 1.82. The largest absolute Gasteiger partial charge is 0.494 e. The third-order valence-electron chi connectivity index (χ3n) is 5.06. The first-order chi connectivity index (χ1) is 12.8. The van der Waals surface area contributed by atoms with Crippen LogP contribution in [0.15, 0.2) is 54.7 Å². The molecule has 0 aliphatic carbocycles. The van der Waals surface area contributed by atoms with Crippen LogP contribution in [0.4, 0.5) is 0 Å². The highest BCUT2D eigenvalue weighted by Crippen LogP contribution is 2.38. The second-order valence-electron chi connectivity index (χ2n) is 6.72. The van der Waals surface area contributed by atoms with Crippen LogP contribution in [-0.2, 0) is 4.74 Å². The van der Waals surface area contributed by atoms with Crippen LogP contribution in [-0.4, -0.2) is 43.3 Å². The zero-order chi connectivity index (χ0) is 17.9. The molecule has 2 aromatic carbocycles. The van der Waals surface area contributed by atoms with Gasteiger partial charge in [0.1, 0.15) is 11.3 Å². The fraction of sp³-hybridized carbons (Fsp3) is 0.318. The smallest absolute Gasteiger partial charge is 0.150 e. The number of aromatic nitrogens is 1. The molecule has 2 heterocycles. The minimum absolute atomic E-state index is 0.126. The standard InChI is InChI=1S/C22H24N2O2/c1-16-5-7-18(8-6-16)21(24-12-14-26-15-13-24)19-10-9-17-4-3-11-23-20(17)22(19)25-2/h3-11,21H,12-15H2,1-2H3. The summed E-state index contributed by atoms with van der Waals surface area (Å²) < 4.78 is 11.4. The van der Waals surface area contributed by atoms with Gasteiger partial charge >= 0.3 is 0 Å². The van der Waals surface area contributed by atoms with Crippen LogP contribution in [0.5, 0.6) is 5.75 Å². The Morgan fingerprint density at radius 2 is 1.81 bits per heavy atom. The Bertz CT molecular complexity index is 886. The summed E-state index contributed by atoms with van der Waals surface area (Å²) in [5.41, 5.74) is 4.61. The molecule has 4 rings (SSSR count). The number of fused-ring (bicyclic) bond motifs is 1. The summed E-state index contributed by atoms with van der Waals surface area (Å²) in [6, 6.07) is 17.3. The Balaban J connectivity index is 1.88. The number of hydrogen-bond donors (Lipinski definition) is 0. The third kappa shape index (κ3) is 3.18. The van der Waals surface area contributed by atoms with Gasteiger partial charge in [-0.15, -0.1) is 0 Å². The van der Waals surface area contributed by atoms with Gasteiger partial charge in [-0.25, -0.2) is 0 Å². The molecule has 1 saturated heterocycles. The van der Waals surface area contributed by atoms with Crippen molar-refractivity contribution in [3.05, 3.63) is 71.4 Å². The summed E-state index contributed by atoms with van der Waals surface area (Å²) in [5, 5.41) is 1.10. The van der Waals surface area contributed by atoms with Crippen molar-refractivity contribution in [2.75, 3.05) is 33.4 Å². The Kier molecular flexibility index (Phi) is 4.87. The molecular formula is C22H24N2O2. The summed E-state index contributed by atoms with van der Waals surface area (Å²) in [4.78, 5) is 7.05. The van der Waals surface area contributed by atoms with E-state index in [1.807, 2.05) is 12.3 Å². The molecule has 1 unspecified atom stereocenters. The fourth-order valence-electron chi connectivity index (χ4n) is 3.74. The number of benzene rings is 2. The van der Waals surface area contributed by atoms with Crippen LogP contribution in [0.3, 0.4) is 0 Å². The molecule has 1 aromatic heterocycles. The molecule has 1 atom stereocenters. The molecule has 0 radical (unpaired) electrons. The van der Waals surface area contributed by atoms with Gasteiger partial charge in [0.2, 0.25) is 0 Å². The Morgan fingerprint density at radius 3 is 2.54 bits per heavy atom. The molecule has 1 fully saturated rings. The maximum Gasteiger partial charge on any atom is 0.150 e. The summed E-state index contributed by atoms with van der Waals surface area (Å²) in [6.45, 7) is 5.45. The quantitative estimate of drug-likeness (QED) is 0.714. The van der Waals surface area contributed by atoms with E-state index in [1.54, 1.807) is 7.11 Å². The van der Waals surface area contributed by atoms with Crippen molar-refractivity contribution in [2.24, 2.45) is 0 Å². The van der Waals surface area contributed by atoms with Gasteiger partial charge in [-0.3, -0.25) is 9.88 Å². The molecule has 0 bridgehead atoms. The number of pyridine rings is 1. The average molecular weight is 348 g/mol. The van der Waals surface area contributed by atoms with E-state index in [1.165, 1.54) is 11.1 Å². The maximum atomic E-state index is 5.86. The van der Waals surface area contributed by atoms with Crippen LogP contribution < -0.4 is 4.74 Å². The zero-order valence-corrected chi connectivity index (χ0v) is 15.3. The van der Waals surface area contributed by atoms with E-state index in [4.69, 9.17) is 9.47 Å². The third-order valence-corrected chi connectivity index (χ3v) is 5.06. The van der Waals surface area contributed by atoms with E-state index in [9.17, 15) is 0 Å². The van der Waals surface area contributed by atoms with E-state index < -0.39 is 0 Å². The molecular weight excluding hydrogens is 324 g/mol. The molecule has 0 spiro atoms. The Morgan fingerprint density at radius 1 is 1.04 bits per heavy atom. The van der Waals surface area contributed by atoms with Gasteiger partial charge in [-0.2, -0.15) is 0 Å². The Labute approximate surface area is 154 Å². The predicted octanol–water partition coefficient (Wildman–Crippen LogP) is 3.97. The number of nitrogens with zero attached hydrogens (tertiary/aromatic N) is 2. The van der Waals surface area contributed by atoms with Crippen molar-refractivity contribution in [1.82, 2.24) is 9.88 Å². The minimum Gasteiger partial charge on any atom is -0.494 e. The number of ether oxygens (including phenoxy) is 2. The predicted molar refractivity (Wildman–Crippen MR) is 104 cm³/mol. The van der Waals surface area contributed by atoms with Crippen molar-refractivity contribution in [2.45, 2.75) is 13.0 Å². The molecule has 1 aliphatic heterocycles. The maximum absolute atomic E-state index is 5.86. The van der Waals surface area contributed by atoms with Crippen molar-refractivity contribution in [3.8, 4) is 5.75 Å². The second kappa shape index (κ2) is 7.44. The van der Waals surface area contributed by atoms with Gasteiger partial charge in [0.25, 0.3) is 0 Å². The van der Waals surface area contributed by atoms with Crippen molar-refractivity contribution >= 4 is 10.9 Å². The van der Waals surface area contributed by atoms with Crippen LogP contribution in [0, 0.1) is 6.92 Å². The highest BCUT2D eigenvalue weighted by molar-refractivity contribution is 5.86. The van der Waals surface area contributed by atoms with Gasteiger partial charge in [0.05, 0.1) is 26.4 Å². The zero-order valence-electron chi connectivity index (χ0n) is 15.3. The topological polar surface area (TPSA) is 34.6 Å². The lowest BCUT2D eigenvalue weighted by molar-refractivity contribution is 0.0236. The van der Waals surface area contributed by atoms with Gasteiger partial charge in [0.15, 0.2) is 0 Å². The number of hydrogen-bond acceptors (Lipinski definition) is 4. The van der Waals surface area contributed by atoms with E-state index in [0.717, 1.165) is 48.5 Å². The number of methoxy groups -OCH3 is 1. The first kappa shape index (κ1) is 17.0. The van der Waals surface area contributed by atoms with Crippen LogP contribution in [0.1, 0.15) is 22.7 Å². The Hall–Kier alpha value is -2.43. The lowest BCUT2D eigenvalue weighted by Crippen LogP contribution is -2.39. The fourth-order valence-corrected chi connectivity index (χ4v) is 3.74. The van der Waals surface area contributed by atoms with Crippen LogP contribution >= 0.6 is 0 Å². The first-order valence-electron chi connectivity index (χ1n) is 9.08. The molecule has 0 saturated carbocycles. The molecule has 1 aliphatic rings. The van der Waals surface area contributed by atoms with Crippen molar-refractivity contribution < 1.29 is 9.47 Å². The highest BCUT2D eigenvalue weighted by atomic mass is 16.5. The molecule has 0 amide bonds. The summed E-state index contributed by atoms with van der Waals surface area (Å²) in [7, 11) is 1.73. The minimum atomic E-state index is 0.126. The van der Waals surface area contributed by atoms with E-state index in [2.05, 4.69) is 59.3 Å². The summed E-state index contributed by atoms with van der Waals surface area (Å²) >= 11 is 0. The van der Waals surface area contributed by atoms with Gasteiger partial charge in [-0.1, -0.05) is 48.0 Å². The molecule has 134 valence electrons. The number of morpholine rings is 1. The van der Waals surface area contributed by atoms with Gasteiger partial charge in [0, 0.05) is 30.2 Å². The first-order valence-corrected chi connectivity index (χ1v) is 9.08. The molecule has 26 heavy (non-hydrogen) atoms. The molecule has 3 aromatic rings. The lowest BCUT2D eigenvalue weighted by Gasteiger charge is -2.36. The average Bonchev–Trinajstić information content (AvgIpc) is 2.70. The SMILES string of the molecule is COc1c(C(c2ccc(C)cc2)N2CCOCC2)ccc2cccnc12. The number of rotatable bonds is 4. The van der Waals surface area contributed by atoms with Crippen molar-refractivity contribution in [1.29, 1.82) is 0 Å². The van der Waals surface area contributed by atoms with Crippen molar-refractivity contribution in [3.63, 3.8) is 0 Å². The number of aryl methyl sites for hydroxylation is 1. The van der Waals surface area contributed by atoms with E-state index in [-0.39, 0.29) is 6.04 Å². The second-order valence-corrected chi connectivity index (χ2v) is 6.72. The highest BCUT2D eigenvalue weighted by Gasteiger charge is 2.27. The molecule has 4 heteroatoms. The normalized spacial score (nSPS) is 16.5. The van der Waals surface area contributed by atoms with E-state index in [0.29, 0.717) is 0 Å². The monoisotopic (exact) mass is 348 g/mol. The lowest BCUT2D eigenvalue weighted by atomic mass is 9.94. The van der Waals surface area contributed by atoms with Crippen LogP contribution in [0.25, 0.3) is 10.9 Å².